The van der Waals surface area contributed by atoms with E-state index in [0.717, 1.165) is 17.5 Å². The van der Waals surface area contributed by atoms with E-state index in [9.17, 15) is 14.4 Å². The zero-order valence-electron chi connectivity index (χ0n) is 17.5. The van der Waals surface area contributed by atoms with E-state index in [1.165, 1.54) is 21.1 Å². The van der Waals surface area contributed by atoms with Crippen LogP contribution in [0.3, 0.4) is 0 Å². The Morgan fingerprint density at radius 2 is 2.03 bits per heavy atom. The second-order valence-electron chi connectivity index (χ2n) is 7.78. The predicted molar refractivity (Wildman–Crippen MR) is 121 cm³/mol. The van der Waals surface area contributed by atoms with Crippen LogP contribution in [0, 0.1) is 6.92 Å². The van der Waals surface area contributed by atoms with Gasteiger partial charge in [-0.15, -0.1) is 11.3 Å². The van der Waals surface area contributed by atoms with Crippen molar-refractivity contribution < 1.29 is 9.59 Å². The molecule has 0 saturated heterocycles. The minimum atomic E-state index is -0.449. The first-order chi connectivity index (χ1) is 15.0. The van der Waals surface area contributed by atoms with Crippen LogP contribution in [0.1, 0.15) is 38.3 Å². The third-order valence-corrected chi connectivity index (χ3v) is 6.51. The summed E-state index contributed by atoms with van der Waals surface area (Å²) in [6.07, 6.45) is 2.78. The first kappa shape index (κ1) is 21.1. The molecule has 160 valence electrons. The van der Waals surface area contributed by atoms with E-state index >= 15 is 0 Å². The fraction of sp³-hybridized carbons (Fsp3) is 0.292. The fourth-order valence-electron chi connectivity index (χ4n) is 3.84. The number of amides is 2. The summed E-state index contributed by atoms with van der Waals surface area (Å²) in [5.74, 6) is -0.433. The minimum Gasteiger partial charge on any atom is -0.351 e. The molecule has 0 unspecified atom stereocenters. The predicted octanol–water partition coefficient (Wildman–Crippen LogP) is 2.97. The molecule has 2 amide bonds. The van der Waals surface area contributed by atoms with Crippen molar-refractivity contribution >= 4 is 23.2 Å². The number of nitrogens with zero attached hydrogens (tertiary/aromatic N) is 2. The second kappa shape index (κ2) is 9.31. The van der Waals surface area contributed by atoms with Crippen molar-refractivity contribution in [2.75, 3.05) is 13.1 Å². The lowest BCUT2D eigenvalue weighted by Gasteiger charge is -2.27. The van der Waals surface area contributed by atoms with Crippen LogP contribution in [0.4, 0.5) is 0 Å². The normalized spacial score (nSPS) is 13.0. The number of carbonyl (C=O) groups excluding carboxylic acids is 2. The van der Waals surface area contributed by atoms with Crippen LogP contribution < -0.4 is 10.9 Å². The lowest BCUT2D eigenvalue weighted by atomic mass is 10.1. The van der Waals surface area contributed by atoms with Crippen molar-refractivity contribution in [3.8, 4) is 0 Å². The van der Waals surface area contributed by atoms with Crippen LogP contribution in [-0.4, -0.2) is 34.4 Å². The Labute approximate surface area is 185 Å². The van der Waals surface area contributed by atoms with E-state index in [4.69, 9.17) is 0 Å². The van der Waals surface area contributed by atoms with Gasteiger partial charge in [-0.25, -0.2) is 0 Å². The third-order valence-electron chi connectivity index (χ3n) is 5.48. The zero-order chi connectivity index (χ0) is 21.8. The molecule has 0 atom stereocenters. The van der Waals surface area contributed by atoms with Crippen molar-refractivity contribution in [3.05, 3.63) is 91.5 Å². The van der Waals surface area contributed by atoms with Gasteiger partial charge in [0.05, 0.1) is 6.54 Å². The molecule has 2 aromatic heterocycles. The molecule has 31 heavy (non-hydrogen) atoms. The van der Waals surface area contributed by atoms with Gasteiger partial charge < -0.3 is 14.8 Å². The molecule has 7 heteroatoms. The van der Waals surface area contributed by atoms with E-state index in [1.807, 2.05) is 36.1 Å². The Morgan fingerprint density at radius 3 is 2.87 bits per heavy atom. The lowest BCUT2D eigenvalue weighted by molar-refractivity contribution is -0.131. The molecule has 0 aliphatic carbocycles. The topological polar surface area (TPSA) is 71.4 Å². The van der Waals surface area contributed by atoms with Crippen LogP contribution in [0.15, 0.2) is 58.8 Å². The Balaban J connectivity index is 1.33. The molecule has 4 rings (SSSR count). The number of fused-ring (bicyclic) bond motifs is 1. The third kappa shape index (κ3) is 4.94. The molecule has 0 bridgehead atoms. The number of aromatic nitrogens is 1. The quantitative estimate of drug-likeness (QED) is 0.647. The molecular formula is C24H25N3O3S. The maximum atomic E-state index is 12.8. The van der Waals surface area contributed by atoms with Gasteiger partial charge in [0.15, 0.2) is 0 Å². The van der Waals surface area contributed by atoms with Crippen molar-refractivity contribution in [1.82, 2.24) is 14.8 Å². The van der Waals surface area contributed by atoms with Crippen LogP contribution in [-0.2, 0) is 24.3 Å². The molecule has 1 aromatic carbocycles. The standard InChI is InChI=1S/C24H25N3O3S/c1-17-4-2-5-18(14-17)15-27-11-3-6-20(24(27)30)23(29)25-10-7-22(28)26-12-8-21-19(16-26)9-13-31-21/h2-6,9,11,13-14H,7-8,10,12,15-16H2,1H3,(H,25,29). The summed E-state index contributed by atoms with van der Waals surface area (Å²) in [4.78, 5) is 41.0. The van der Waals surface area contributed by atoms with Gasteiger partial charge in [0.1, 0.15) is 5.56 Å². The van der Waals surface area contributed by atoms with E-state index in [2.05, 4.69) is 16.8 Å². The number of hydrogen-bond donors (Lipinski definition) is 1. The lowest BCUT2D eigenvalue weighted by Crippen LogP contribution is -2.38. The molecule has 0 radical (unpaired) electrons. The maximum absolute atomic E-state index is 12.8. The number of pyridine rings is 1. The fourth-order valence-corrected chi connectivity index (χ4v) is 4.73. The average molecular weight is 436 g/mol. The van der Waals surface area contributed by atoms with Crippen LogP contribution >= 0.6 is 11.3 Å². The Bertz CT molecular complexity index is 1160. The number of aryl methyl sites for hydroxylation is 1. The second-order valence-corrected chi connectivity index (χ2v) is 8.78. The van der Waals surface area contributed by atoms with E-state index in [0.29, 0.717) is 19.6 Å². The highest BCUT2D eigenvalue weighted by atomic mass is 32.1. The Morgan fingerprint density at radius 1 is 1.16 bits per heavy atom. The maximum Gasteiger partial charge on any atom is 0.263 e. The molecule has 3 heterocycles. The Kier molecular flexibility index (Phi) is 6.32. The van der Waals surface area contributed by atoms with E-state index in [1.54, 1.807) is 23.6 Å². The van der Waals surface area contributed by atoms with Crippen molar-refractivity contribution in [1.29, 1.82) is 0 Å². The molecule has 1 aliphatic rings. The van der Waals surface area contributed by atoms with Crippen molar-refractivity contribution in [3.63, 3.8) is 0 Å². The summed E-state index contributed by atoms with van der Waals surface area (Å²) in [6.45, 7) is 3.95. The monoisotopic (exact) mass is 435 g/mol. The first-order valence-electron chi connectivity index (χ1n) is 10.4. The number of hydrogen-bond acceptors (Lipinski definition) is 4. The molecule has 0 saturated carbocycles. The van der Waals surface area contributed by atoms with E-state index < -0.39 is 5.91 Å². The zero-order valence-corrected chi connectivity index (χ0v) is 18.3. The van der Waals surface area contributed by atoms with Crippen LogP contribution in [0.2, 0.25) is 0 Å². The highest BCUT2D eigenvalue weighted by Gasteiger charge is 2.21. The molecule has 1 N–H and O–H groups in total. The molecule has 0 spiro atoms. The van der Waals surface area contributed by atoms with Gasteiger partial charge in [-0.1, -0.05) is 29.8 Å². The summed E-state index contributed by atoms with van der Waals surface area (Å²) in [5.41, 5.74) is 3.08. The van der Waals surface area contributed by atoms with Gasteiger partial charge in [0, 0.05) is 37.1 Å². The number of carbonyl (C=O) groups is 2. The van der Waals surface area contributed by atoms with Crippen molar-refractivity contribution in [2.24, 2.45) is 0 Å². The largest absolute Gasteiger partial charge is 0.351 e. The number of rotatable bonds is 6. The van der Waals surface area contributed by atoms with Gasteiger partial charge in [0.25, 0.3) is 11.5 Å². The van der Waals surface area contributed by atoms with Gasteiger partial charge in [-0.05, 0) is 48.1 Å². The van der Waals surface area contributed by atoms with Gasteiger partial charge in [0.2, 0.25) is 5.91 Å². The number of thiophene rings is 1. The molecule has 0 fully saturated rings. The average Bonchev–Trinajstić information content (AvgIpc) is 3.23. The molecular weight excluding hydrogens is 410 g/mol. The van der Waals surface area contributed by atoms with Crippen LogP contribution in [0.25, 0.3) is 0 Å². The molecule has 3 aromatic rings. The summed E-state index contributed by atoms with van der Waals surface area (Å²) in [5, 5.41) is 4.79. The van der Waals surface area contributed by atoms with Crippen molar-refractivity contribution in [2.45, 2.75) is 32.9 Å². The molecule has 1 aliphatic heterocycles. The number of benzene rings is 1. The smallest absolute Gasteiger partial charge is 0.263 e. The SMILES string of the molecule is Cc1cccc(Cn2cccc(C(=O)NCCC(=O)N3CCc4sccc4C3)c2=O)c1. The number of nitrogens with one attached hydrogen (secondary N) is 1. The molecule has 6 nitrogen and oxygen atoms in total. The Hall–Kier alpha value is -3.19. The summed E-state index contributed by atoms with van der Waals surface area (Å²) in [7, 11) is 0. The first-order valence-corrected chi connectivity index (χ1v) is 11.3. The highest BCUT2D eigenvalue weighted by molar-refractivity contribution is 7.10. The highest BCUT2D eigenvalue weighted by Crippen LogP contribution is 2.24. The summed E-state index contributed by atoms with van der Waals surface area (Å²) < 4.78 is 1.53. The van der Waals surface area contributed by atoms with E-state index in [-0.39, 0.29) is 30.0 Å². The van der Waals surface area contributed by atoms with Gasteiger partial charge in [-0.2, -0.15) is 0 Å². The van der Waals surface area contributed by atoms with Gasteiger partial charge >= 0.3 is 0 Å². The summed E-state index contributed by atoms with van der Waals surface area (Å²) in [6, 6.07) is 13.2. The van der Waals surface area contributed by atoms with Crippen LogP contribution in [0.5, 0.6) is 0 Å². The summed E-state index contributed by atoms with van der Waals surface area (Å²) >= 11 is 1.74. The minimum absolute atomic E-state index is 0.0158. The van der Waals surface area contributed by atoms with Gasteiger partial charge in [-0.3, -0.25) is 14.4 Å².